The molecule has 2 rings (SSSR count). The van der Waals surface area contributed by atoms with E-state index >= 15 is 0 Å². The van der Waals surface area contributed by atoms with Crippen molar-refractivity contribution >= 4 is 12.1 Å². The number of hydrogen-bond donors (Lipinski definition) is 0. The van der Waals surface area contributed by atoms with E-state index in [0.29, 0.717) is 11.8 Å². The molecule has 1 aromatic carbocycles. The molecule has 162 valence electrons. The predicted octanol–water partition coefficient (Wildman–Crippen LogP) is 4.91. The summed E-state index contributed by atoms with van der Waals surface area (Å²) in [6.07, 6.45) is 4.11. The van der Waals surface area contributed by atoms with Crippen molar-refractivity contribution in [3.63, 3.8) is 0 Å². The molecule has 0 aliphatic heterocycles. The Hall–Kier alpha value is -2.08. The summed E-state index contributed by atoms with van der Waals surface area (Å²) in [6, 6.07) is 4.16. The molecule has 0 N–H and O–H groups in total. The maximum absolute atomic E-state index is 12.1. The molecule has 0 heterocycles. The number of carbonyl (C=O) groups is 2. The number of nitrogens with zero attached hydrogens (tertiary/aromatic N) is 1. The van der Waals surface area contributed by atoms with Crippen molar-refractivity contribution < 1.29 is 23.8 Å². The van der Waals surface area contributed by atoms with Crippen molar-refractivity contribution in [3.05, 3.63) is 23.3 Å². The lowest BCUT2D eigenvalue weighted by molar-refractivity contribution is -0.132. The Balaban J connectivity index is 2.28. The summed E-state index contributed by atoms with van der Waals surface area (Å²) in [5.41, 5.74) is 1.43. The number of rotatable bonds is 7. The van der Waals surface area contributed by atoms with E-state index in [9.17, 15) is 9.59 Å². The molecule has 6 heteroatoms. The van der Waals surface area contributed by atoms with Gasteiger partial charge >= 0.3 is 12.1 Å². The van der Waals surface area contributed by atoms with Gasteiger partial charge in [-0.2, -0.15) is 0 Å². The minimum atomic E-state index is -0.809. The second-order valence-corrected chi connectivity index (χ2v) is 8.62. The van der Waals surface area contributed by atoms with Crippen LogP contribution in [0.15, 0.2) is 12.1 Å². The summed E-state index contributed by atoms with van der Waals surface area (Å²) >= 11 is 0. The van der Waals surface area contributed by atoms with Crippen LogP contribution in [-0.4, -0.2) is 41.8 Å². The van der Waals surface area contributed by atoms with E-state index in [2.05, 4.69) is 18.7 Å². The second-order valence-electron chi connectivity index (χ2n) is 8.62. The summed E-state index contributed by atoms with van der Waals surface area (Å²) in [6.45, 7) is 13.3. The third-order valence-corrected chi connectivity index (χ3v) is 4.87. The van der Waals surface area contributed by atoms with Gasteiger partial charge in [0.15, 0.2) is 11.5 Å². The summed E-state index contributed by atoms with van der Waals surface area (Å²) < 4.78 is 16.1. The summed E-state index contributed by atoms with van der Waals surface area (Å²) in [5, 5.41) is 0. The first-order valence-corrected chi connectivity index (χ1v) is 10.6. The van der Waals surface area contributed by atoms with Crippen molar-refractivity contribution in [2.75, 3.05) is 13.1 Å². The summed E-state index contributed by atoms with van der Waals surface area (Å²) in [5.74, 6) is 0.135. The van der Waals surface area contributed by atoms with Gasteiger partial charge in [-0.05, 0) is 77.6 Å². The molecule has 6 nitrogen and oxygen atoms in total. The number of ether oxygens (including phenoxy) is 3. The molecule has 0 spiro atoms. The zero-order valence-corrected chi connectivity index (χ0v) is 18.7. The molecule has 0 saturated heterocycles. The molecule has 1 aliphatic carbocycles. The van der Waals surface area contributed by atoms with Gasteiger partial charge in [-0.25, -0.2) is 4.79 Å². The third-order valence-electron chi connectivity index (χ3n) is 4.87. The average Bonchev–Trinajstić information content (AvgIpc) is 2.61. The second kappa shape index (κ2) is 10.1. The van der Waals surface area contributed by atoms with E-state index in [4.69, 9.17) is 14.2 Å². The van der Waals surface area contributed by atoms with Crippen LogP contribution in [0.5, 0.6) is 11.5 Å². The normalized spacial score (nSPS) is 16.3. The number of benzene rings is 1. The average molecular weight is 406 g/mol. The Labute approximate surface area is 174 Å². The van der Waals surface area contributed by atoms with Crippen LogP contribution in [0, 0.1) is 0 Å². The summed E-state index contributed by atoms with van der Waals surface area (Å²) in [4.78, 5) is 26.4. The standard InChI is InChI=1S/C23H35NO5/c1-7-13-24(14-8-2)18-10-11-19-17(15-18)9-12-20(21(19)27-16(3)25)28-22(26)29-23(4,5)6/h9,12,18H,7-8,10-11,13-15H2,1-6H3. The molecular weight excluding hydrogens is 370 g/mol. The van der Waals surface area contributed by atoms with E-state index in [1.54, 1.807) is 26.8 Å². The Morgan fingerprint density at radius 1 is 1.10 bits per heavy atom. The largest absolute Gasteiger partial charge is 0.514 e. The zero-order chi connectivity index (χ0) is 21.6. The summed E-state index contributed by atoms with van der Waals surface area (Å²) in [7, 11) is 0. The molecule has 29 heavy (non-hydrogen) atoms. The Morgan fingerprint density at radius 2 is 1.76 bits per heavy atom. The van der Waals surface area contributed by atoms with E-state index < -0.39 is 17.7 Å². The highest BCUT2D eigenvalue weighted by atomic mass is 16.7. The Bertz CT molecular complexity index is 717. The smallest absolute Gasteiger partial charge is 0.428 e. The van der Waals surface area contributed by atoms with Crippen LogP contribution < -0.4 is 9.47 Å². The predicted molar refractivity (Wildman–Crippen MR) is 113 cm³/mol. The number of fused-ring (bicyclic) bond motifs is 1. The van der Waals surface area contributed by atoms with Crippen molar-refractivity contribution in [3.8, 4) is 11.5 Å². The third kappa shape index (κ3) is 6.74. The molecule has 1 atom stereocenters. The lowest BCUT2D eigenvalue weighted by Crippen LogP contribution is -2.40. The minimum absolute atomic E-state index is 0.227. The van der Waals surface area contributed by atoms with Gasteiger partial charge in [0.1, 0.15) is 5.60 Å². The molecule has 1 unspecified atom stereocenters. The monoisotopic (exact) mass is 405 g/mol. The lowest BCUT2D eigenvalue weighted by Gasteiger charge is -2.35. The van der Waals surface area contributed by atoms with Crippen molar-refractivity contribution in [1.82, 2.24) is 4.90 Å². The van der Waals surface area contributed by atoms with Crippen LogP contribution in [0.25, 0.3) is 0 Å². The molecule has 0 aromatic heterocycles. The van der Waals surface area contributed by atoms with E-state index in [1.807, 2.05) is 6.07 Å². The fraction of sp³-hybridized carbons (Fsp3) is 0.652. The van der Waals surface area contributed by atoms with Crippen molar-refractivity contribution in [1.29, 1.82) is 0 Å². The van der Waals surface area contributed by atoms with Gasteiger partial charge in [-0.3, -0.25) is 4.79 Å². The first-order chi connectivity index (χ1) is 13.6. The molecular formula is C23H35NO5. The maximum Gasteiger partial charge on any atom is 0.514 e. The number of esters is 1. The molecule has 1 aliphatic rings. The highest BCUT2D eigenvalue weighted by molar-refractivity contribution is 5.73. The topological polar surface area (TPSA) is 65.1 Å². The van der Waals surface area contributed by atoms with Crippen LogP contribution >= 0.6 is 0 Å². The fourth-order valence-electron chi connectivity index (χ4n) is 3.84. The number of hydrogen-bond acceptors (Lipinski definition) is 6. The molecule has 0 fully saturated rings. The van der Waals surface area contributed by atoms with Crippen LogP contribution in [0.4, 0.5) is 4.79 Å². The Kier molecular flexibility index (Phi) is 8.08. The van der Waals surface area contributed by atoms with Gasteiger partial charge in [-0.15, -0.1) is 0 Å². The molecule has 0 radical (unpaired) electrons. The number of carbonyl (C=O) groups excluding carboxylic acids is 2. The molecule has 0 saturated carbocycles. The van der Waals surface area contributed by atoms with Gasteiger partial charge in [0.25, 0.3) is 0 Å². The maximum atomic E-state index is 12.1. The quantitative estimate of drug-likeness (QED) is 0.365. The SMILES string of the molecule is CCCN(CCC)C1CCc2c(ccc(OC(=O)OC(C)(C)C)c2OC(C)=O)C1. The van der Waals surface area contributed by atoms with Gasteiger partial charge in [0.05, 0.1) is 0 Å². The van der Waals surface area contributed by atoms with Gasteiger partial charge in [0.2, 0.25) is 0 Å². The van der Waals surface area contributed by atoms with E-state index in [1.165, 1.54) is 6.92 Å². The van der Waals surface area contributed by atoms with Crippen LogP contribution in [0.2, 0.25) is 0 Å². The van der Waals surface area contributed by atoms with Gasteiger partial charge in [0, 0.05) is 18.5 Å². The van der Waals surface area contributed by atoms with Crippen LogP contribution in [-0.2, 0) is 22.4 Å². The zero-order valence-electron chi connectivity index (χ0n) is 18.7. The highest BCUT2D eigenvalue weighted by Crippen LogP contribution is 2.39. The van der Waals surface area contributed by atoms with E-state index in [-0.39, 0.29) is 5.75 Å². The van der Waals surface area contributed by atoms with E-state index in [0.717, 1.165) is 56.3 Å². The minimum Gasteiger partial charge on any atom is -0.428 e. The highest BCUT2D eigenvalue weighted by Gasteiger charge is 2.29. The van der Waals surface area contributed by atoms with Crippen molar-refractivity contribution in [2.24, 2.45) is 0 Å². The molecule has 1 aromatic rings. The van der Waals surface area contributed by atoms with Crippen LogP contribution in [0.3, 0.4) is 0 Å². The first-order valence-electron chi connectivity index (χ1n) is 10.6. The van der Waals surface area contributed by atoms with Crippen molar-refractivity contribution in [2.45, 2.75) is 85.3 Å². The lowest BCUT2D eigenvalue weighted by atomic mass is 9.86. The van der Waals surface area contributed by atoms with Gasteiger partial charge < -0.3 is 19.1 Å². The van der Waals surface area contributed by atoms with Gasteiger partial charge in [-0.1, -0.05) is 19.9 Å². The molecule has 0 bridgehead atoms. The Morgan fingerprint density at radius 3 is 2.31 bits per heavy atom. The molecule has 0 amide bonds. The fourth-order valence-corrected chi connectivity index (χ4v) is 3.84. The first kappa shape index (κ1) is 23.2. The van der Waals surface area contributed by atoms with Crippen LogP contribution in [0.1, 0.15) is 71.9 Å².